The normalized spacial score (nSPS) is 11.1. The zero-order valence-electron chi connectivity index (χ0n) is 19.1. The number of halogens is 1. The molecule has 0 spiro atoms. The van der Waals surface area contributed by atoms with Crippen LogP contribution < -0.4 is 10.3 Å². The number of nitrogens with zero attached hydrogens (tertiary/aromatic N) is 4. The van der Waals surface area contributed by atoms with Crippen LogP contribution in [0.3, 0.4) is 0 Å². The van der Waals surface area contributed by atoms with Gasteiger partial charge in [0.2, 0.25) is 5.82 Å². The number of hydrogen-bond acceptors (Lipinski definition) is 6. The number of methoxy groups -OCH3 is 1. The van der Waals surface area contributed by atoms with E-state index in [1.807, 2.05) is 44.2 Å². The van der Waals surface area contributed by atoms with Crippen molar-refractivity contribution in [2.75, 3.05) is 7.11 Å². The first-order valence-electron chi connectivity index (χ1n) is 10.8. The second kappa shape index (κ2) is 9.36. The van der Waals surface area contributed by atoms with Gasteiger partial charge in [-0.2, -0.15) is 4.98 Å². The van der Waals surface area contributed by atoms with Crippen LogP contribution >= 0.6 is 0 Å². The molecule has 4 aromatic rings. The van der Waals surface area contributed by atoms with E-state index in [9.17, 15) is 4.79 Å². The van der Waals surface area contributed by atoms with Gasteiger partial charge in [0.05, 0.1) is 13.7 Å². The van der Waals surface area contributed by atoms with Gasteiger partial charge in [-0.3, -0.25) is 13.9 Å². The van der Waals surface area contributed by atoms with Crippen molar-refractivity contribution in [2.45, 2.75) is 40.2 Å². The van der Waals surface area contributed by atoms with Crippen LogP contribution in [0.5, 0.6) is 6.08 Å². The van der Waals surface area contributed by atoms with Gasteiger partial charge in [-0.25, -0.2) is 9.37 Å². The van der Waals surface area contributed by atoms with Gasteiger partial charge in [0.15, 0.2) is 0 Å². The lowest BCUT2D eigenvalue weighted by molar-refractivity contribution is 0.250. The molecule has 2 aromatic heterocycles. The molecule has 0 radical (unpaired) electrons. The minimum Gasteiger partial charge on any atom is -0.452 e. The summed E-state index contributed by atoms with van der Waals surface area (Å²) in [6.07, 6.45) is 1.54. The number of ether oxygens (including phenoxy) is 1. The van der Waals surface area contributed by atoms with Crippen LogP contribution in [0.15, 0.2) is 51.8 Å². The standard InChI is InChI=1S/C25H25FN4O3/c1-5-8-22-27-16(3)15(2)24(31)30(22)14-18-12-11-17(13-21(18)26)19-9-6-7-10-20(19)23-28-25(32-4)33-29-23/h6-7,9-13H,5,8,14H2,1-4H3. The Bertz CT molecular complexity index is 1360. The maximum atomic E-state index is 15.2. The zero-order valence-corrected chi connectivity index (χ0v) is 19.1. The Hall–Kier alpha value is -3.81. The maximum Gasteiger partial charge on any atom is 0.417 e. The summed E-state index contributed by atoms with van der Waals surface area (Å²) in [5, 5.41) is 3.94. The van der Waals surface area contributed by atoms with Gasteiger partial charge in [0.25, 0.3) is 5.56 Å². The SMILES string of the molecule is CCCc1nc(C)c(C)c(=O)n1Cc1ccc(-c2ccccc2-c2noc(OC)n2)cc1F. The first kappa shape index (κ1) is 22.4. The fourth-order valence-electron chi connectivity index (χ4n) is 3.73. The third-order valence-electron chi connectivity index (χ3n) is 5.63. The largest absolute Gasteiger partial charge is 0.452 e. The van der Waals surface area contributed by atoms with Crippen molar-refractivity contribution in [1.29, 1.82) is 0 Å². The van der Waals surface area contributed by atoms with Gasteiger partial charge in [0, 0.05) is 28.8 Å². The molecule has 0 saturated heterocycles. The Kier molecular flexibility index (Phi) is 6.35. The molecule has 0 aliphatic carbocycles. The summed E-state index contributed by atoms with van der Waals surface area (Å²) in [4.78, 5) is 21.7. The monoisotopic (exact) mass is 448 g/mol. The fraction of sp³-hybridized carbons (Fsp3) is 0.280. The van der Waals surface area contributed by atoms with Crippen LogP contribution in [0.4, 0.5) is 4.39 Å². The molecule has 0 unspecified atom stereocenters. The number of aryl methyl sites for hydroxylation is 2. The van der Waals surface area contributed by atoms with E-state index in [-0.39, 0.29) is 18.2 Å². The third-order valence-corrected chi connectivity index (χ3v) is 5.63. The Balaban J connectivity index is 1.72. The molecule has 0 aliphatic rings. The highest BCUT2D eigenvalue weighted by Crippen LogP contribution is 2.32. The van der Waals surface area contributed by atoms with E-state index in [0.717, 1.165) is 12.0 Å². The zero-order chi connectivity index (χ0) is 23.5. The fourth-order valence-corrected chi connectivity index (χ4v) is 3.73. The van der Waals surface area contributed by atoms with Crippen LogP contribution in [0, 0.1) is 19.7 Å². The molecule has 7 nitrogen and oxygen atoms in total. The summed E-state index contributed by atoms with van der Waals surface area (Å²) in [5.41, 5.74) is 3.68. The average molecular weight is 448 g/mol. The van der Waals surface area contributed by atoms with Crippen molar-refractivity contribution in [3.8, 4) is 28.6 Å². The van der Waals surface area contributed by atoms with E-state index in [4.69, 9.17) is 9.26 Å². The van der Waals surface area contributed by atoms with Gasteiger partial charge in [0.1, 0.15) is 11.6 Å². The number of rotatable bonds is 7. The van der Waals surface area contributed by atoms with Gasteiger partial charge in [-0.15, -0.1) is 0 Å². The smallest absolute Gasteiger partial charge is 0.417 e. The second-order valence-electron chi connectivity index (χ2n) is 7.82. The molecule has 0 aliphatic heterocycles. The molecule has 33 heavy (non-hydrogen) atoms. The molecule has 2 heterocycles. The predicted molar refractivity (Wildman–Crippen MR) is 123 cm³/mol. The van der Waals surface area contributed by atoms with Gasteiger partial charge in [-0.05, 0) is 37.5 Å². The third kappa shape index (κ3) is 4.41. The lowest BCUT2D eigenvalue weighted by atomic mass is 9.98. The number of hydrogen-bond donors (Lipinski definition) is 0. The molecular weight excluding hydrogens is 423 g/mol. The molecule has 4 rings (SSSR count). The lowest BCUT2D eigenvalue weighted by Crippen LogP contribution is -2.29. The summed E-state index contributed by atoms with van der Waals surface area (Å²) >= 11 is 0. The molecule has 170 valence electrons. The van der Waals surface area contributed by atoms with E-state index in [2.05, 4.69) is 15.1 Å². The Morgan fingerprint density at radius 2 is 1.85 bits per heavy atom. The molecule has 2 aromatic carbocycles. The van der Waals surface area contributed by atoms with Crippen LogP contribution in [0.2, 0.25) is 0 Å². The van der Waals surface area contributed by atoms with Crippen molar-refractivity contribution >= 4 is 0 Å². The number of benzene rings is 2. The molecule has 0 fully saturated rings. The minimum atomic E-state index is -0.402. The van der Waals surface area contributed by atoms with Crippen LogP contribution in [0.1, 0.15) is 36.0 Å². The van der Waals surface area contributed by atoms with Crippen molar-refractivity contribution in [3.05, 3.63) is 81.3 Å². The first-order chi connectivity index (χ1) is 15.9. The van der Waals surface area contributed by atoms with Crippen molar-refractivity contribution in [2.24, 2.45) is 0 Å². The van der Waals surface area contributed by atoms with Crippen LogP contribution in [-0.2, 0) is 13.0 Å². The van der Waals surface area contributed by atoms with Gasteiger partial charge < -0.3 is 4.74 Å². The summed E-state index contributed by atoms with van der Waals surface area (Å²) in [6.45, 7) is 5.72. The molecule has 0 atom stereocenters. The van der Waals surface area contributed by atoms with Crippen LogP contribution in [0.25, 0.3) is 22.5 Å². The van der Waals surface area contributed by atoms with E-state index in [1.54, 1.807) is 17.6 Å². The highest BCUT2D eigenvalue weighted by molar-refractivity contribution is 5.80. The molecule has 0 N–H and O–H groups in total. The predicted octanol–water partition coefficient (Wildman–Crippen LogP) is 4.73. The van der Waals surface area contributed by atoms with E-state index in [1.165, 1.54) is 13.2 Å². The Morgan fingerprint density at radius 3 is 2.52 bits per heavy atom. The van der Waals surface area contributed by atoms with Crippen molar-refractivity contribution in [3.63, 3.8) is 0 Å². The van der Waals surface area contributed by atoms with Crippen molar-refractivity contribution in [1.82, 2.24) is 19.7 Å². The van der Waals surface area contributed by atoms with Gasteiger partial charge >= 0.3 is 6.08 Å². The highest BCUT2D eigenvalue weighted by atomic mass is 19.1. The molecule has 8 heteroatoms. The van der Waals surface area contributed by atoms with E-state index in [0.29, 0.717) is 46.0 Å². The topological polar surface area (TPSA) is 83.0 Å². The molecule has 0 amide bonds. The first-order valence-corrected chi connectivity index (χ1v) is 10.8. The Morgan fingerprint density at radius 1 is 1.09 bits per heavy atom. The number of aromatic nitrogens is 4. The molecular formula is C25H25FN4O3. The maximum absolute atomic E-state index is 15.2. The highest BCUT2D eigenvalue weighted by Gasteiger charge is 2.17. The van der Waals surface area contributed by atoms with Gasteiger partial charge in [-0.1, -0.05) is 48.5 Å². The molecule has 0 saturated carbocycles. The van der Waals surface area contributed by atoms with Crippen molar-refractivity contribution < 1.29 is 13.7 Å². The lowest BCUT2D eigenvalue weighted by Gasteiger charge is -2.15. The summed E-state index contributed by atoms with van der Waals surface area (Å²) < 4.78 is 26.8. The van der Waals surface area contributed by atoms with E-state index < -0.39 is 5.82 Å². The quantitative estimate of drug-likeness (QED) is 0.407. The summed E-state index contributed by atoms with van der Waals surface area (Å²) in [7, 11) is 1.44. The van der Waals surface area contributed by atoms with Crippen LogP contribution in [-0.4, -0.2) is 26.8 Å². The average Bonchev–Trinajstić information content (AvgIpc) is 3.30. The minimum absolute atomic E-state index is 0.0525. The molecule has 0 bridgehead atoms. The van der Waals surface area contributed by atoms with E-state index >= 15 is 4.39 Å². The second-order valence-corrected chi connectivity index (χ2v) is 7.82. The summed E-state index contributed by atoms with van der Waals surface area (Å²) in [6, 6.07) is 12.4. The summed E-state index contributed by atoms with van der Waals surface area (Å²) in [5.74, 6) is 0.620. The Labute approximate surface area is 190 Å².